The first-order valence-electron chi connectivity index (χ1n) is 10.9. The fraction of sp³-hybridized carbons (Fsp3) is 0.148. The molecule has 3 aromatic rings. The summed E-state index contributed by atoms with van der Waals surface area (Å²) in [6.45, 7) is 5.70. The van der Waals surface area contributed by atoms with E-state index in [2.05, 4.69) is 38.1 Å². The molecule has 0 aromatic heterocycles. The maximum absolute atomic E-state index is 12.4. The molecule has 0 N–H and O–H groups in total. The van der Waals surface area contributed by atoms with E-state index >= 15 is 0 Å². The van der Waals surface area contributed by atoms with Crippen LogP contribution in [-0.4, -0.2) is 21.5 Å². The van der Waals surface area contributed by atoms with Crippen molar-refractivity contribution in [3.63, 3.8) is 0 Å². The molecular weight excluding hydrogens is 464 g/mol. The Morgan fingerprint density at radius 2 is 1.59 bits per heavy atom. The number of anilines is 2. The molecule has 7 heteroatoms. The quantitative estimate of drug-likeness (QED) is 0.419. The largest absolute Gasteiger partial charge is 0.292 e. The number of para-hydroxylation sites is 1. The van der Waals surface area contributed by atoms with E-state index in [1.54, 1.807) is 0 Å². The predicted molar refractivity (Wildman–Crippen MR) is 143 cm³/mol. The van der Waals surface area contributed by atoms with Crippen LogP contribution in [0.15, 0.2) is 95.2 Å². The van der Waals surface area contributed by atoms with Gasteiger partial charge in [0.2, 0.25) is 4.99 Å². The lowest BCUT2D eigenvalue weighted by Crippen LogP contribution is -2.53. The smallest absolute Gasteiger partial charge is 0.227 e. The third-order valence-corrected chi connectivity index (χ3v) is 7.35. The van der Waals surface area contributed by atoms with E-state index in [4.69, 9.17) is 21.8 Å². The summed E-state index contributed by atoms with van der Waals surface area (Å²) in [5.74, 6) is -0.0912. The summed E-state index contributed by atoms with van der Waals surface area (Å²) >= 11 is 7.54. The van der Waals surface area contributed by atoms with Crippen molar-refractivity contribution in [1.82, 2.24) is 0 Å². The first-order valence-corrected chi connectivity index (χ1v) is 12.1. The number of carbonyl (C=O) groups is 1. The van der Waals surface area contributed by atoms with Crippen molar-refractivity contribution in [2.24, 2.45) is 10.2 Å². The van der Waals surface area contributed by atoms with Crippen LogP contribution in [0.3, 0.4) is 0 Å². The molecule has 0 bridgehead atoms. The van der Waals surface area contributed by atoms with Crippen molar-refractivity contribution in [3.8, 4) is 0 Å². The molecule has 1 atom stereocenters. The minimum atomic E-state index is -0.891. The Kier molecular flexibility index (Phi) is 5.80. The van der Waals surface area contributed by atoms with Gasteiger partial charge in [0.05, 0.1) is 17.1 Å². The van der Waals surface area contributed by atoms with Gasteiger partial charge in [0.1, 0.15) is 0 Å². The molecule has 0 unspecified atom stereocenters. The van der Waals surface area contributed by atoms with Crippen molar-refractivity contribution in [2.75, 3.05) is 10.0 Å². The van der Waals surface area contributed by atoms with E-state index in [9.17, 15) is 4.79 Å². The number of nitrogens with zero attached hydrogens (tertiary/aromatic N) is 4. The number of rotatable bonds is 4. The van der Waals surface area contributed by atoms with Crippen molar-refractivity contribution in [1.29, 1.82) is 0 Å². The Balaban J connectivity index is 1.69. The van der Waals surface area contributed by atoms with Gasteiger partial charge in [-0.25, -0.2) is 10.0 Å². The maximum atomic E-state index is 12.4. The summed E-state index contributed by atoms with van der Waals surface area (Å²) < 4.78 is 0. The van der Waals surface area contributed by atoms with Crippen molar-refractivity contribution in [2.45, 2.75) is 25.8 Å². The predicted octanol–water partition coefficient (Wildman–Crippen LogP) is 6.55. The van der Waals surface area contributed by atoms with E-state index in [-0.39, 0.29) is 5.78 Å². The zero-order valence-corrected chi connectivity index (χ0v) is 20.6. The molecule has 0 saturated carbocycles. The standard InChI is InChI=1S/C27H23ClN4OS/c1-18-9-10-19(2)24(17-18)25-15-16-27(31(29-25)22-7-5-4-6-8-22)32(30-26(34-27)20(3)33)23-13-11-21(28)12-14-23/h4-17H,1-3H3/t27-/m1/s1. The van der Waals surface area contributed by atoms with Gasteiger partial charge in [-0.15, -0.1) is 0 Å². The molecule has 2 heterocycles. The van der Waals surface area contributed by atoms with Gasteiger partial charge in [-0.3, -0.25) is 4.79 Å². The van der Waals surface area contributed by atoms with Crippen LogP contribution in [0, 0.1) is 13.8 Å². The summed E-state index contributed by atoms with van der Waals surface area (Å²) in [5.41, 5.74) is 5.94. The average molecular weight is 487 g/mol. The Morgan fingerprint density at radius 1 is 0.912 bits per heavy atom. The number of benzene rings is 3. The highest BCUT2D eigenvalue weighted by Gasteiger charge is 2.51. The van der Waals surface area contributed by atoms with E-state index < -0.39 is 4.99 Å². The molecule has 170 valence electrons. The monoisotopic (exact) mass is 486 g/mol. The van der Waals surface area contributed by atoms with Gasteiger partial charge >= 0.3 is 0 Å². The van der Waals surface area contributed by atoms with Crippen molar-refractivity contribution < 1.29 is 4.79 Å². The van der Waals surface area contributed by atoms with Gasteiger partial charge in [0.25, 0.3) is 0 Å². The highest BCUT2D eigenvalue weighted by Crippen LogP contribution is 2.48. The molecule has 2 aliphatic rings. The second-order valence-corrected chi connectivity index (χ2v) is 9.92. The van der Waals surface area contributed by atoms with Gasteiger partial charge in [-0.1, -0.05) is 47.5 Å². The third-order valence-electron chi connectivity index (χ3n) is 5.75. The van der Waals surface area contributed by atoms with Gasteiger partial charge < -0.3 is 0 Å². The molecule has 2 aliphatic heterocycles. The highest BCUT2D eigenvalue weighted by molar-refractivity contribution is 8.17. The van der Waals surface area contributed by atoms with Crippen molar-refractivity contribution in [3.05, 3.63) is 107 Å². The number of thioether (sulfide) groups is 1. The summed E-state index contributed by atoms with van der Waals surface area (Å²) in [7, 11) is 0. The Hall–Kier alpha value is -3.35. The minimum absolute atomic E-state index is 0.0912. The van der Waals surface area contributed by atoms with Crippen LogP contribution in [0.1, 0.15) is 23.6 Å². The van der Waals surface area contributed by atoms with E-state index in [1.165, 1.54) is 24.2 Å². The van der Waals surface area contributed by atoms with Crippen LogP contribution in [-0.2, 0) is 4.79 Å². The lowest BCUT2D eigenvalue weighted by atomic mass is 10.00. The number of ketones is 1. The SMILES string of the molecule is CC(=O)C1=NN(c2ccc(Cl)cc2)[C@]2(C=CC(c3cc(C)ccc3C)=NN2c2ccccc2)S1. The normalized spacial score (nSPS) is 19.4. The summed E-state index contributed by atoms with van der Waals surface area (Å²) in [6.07, 6.45) is 4.10. The van der Waals surface area contributed by atoms with Gasteiger partial charge in [0, 0.05) is 17.5 Å². The zero-order chi connectivity index (χ0) is 23.9. The maximum Gasteiger partial charge on any atom is 0.227 e. The third kappa shape index (κ3) is 3.93. The number of aryl methyl sites for hydroxylation is 2. The Labute approximate surface area is 208 Å². The number of hydrazone groups is 2. The molecule has 0 fully saturated rings. The van der Waals surface area contributed by atoms with Crippen LogP contribution in [0.2, 0.25) is 5.02 Å². The van der Waals surface area contributed by atoms with Crippen molar-refractivity contribution >= 4 is 51.3 Å². The second-order valence-electron chi connectivity index (χ2n) is 8.29. The molecule has 1 spiro atoms. The summed E-state index contributed by atoms with van der Waals surface area (Å²) in [6, 6.07) is 23.8. The Bertz CT molecular complexity index is 1350. The summed E-state index contributed by atoms with van der Waals surface area (Å²) in [5, 5.41) is 14.7. The Morgan fingerprint density at radius 3 is 2.29 bits per heavy atom. The topological polar surface area (TPSA) is 48.3 Å². The van der Waals surface area contributed by atoms with Gasteiger partial charge in [-0.2, -0.15) is 10.2 Å². The minimum Gasteiger partial charge on any atom is -0.292 e. The number of Topliss-reactive ketones (excluding diaryl/α,β-unsaturated/α-hetero) is 1. The first-order chi connectivity index (χ1) is 16.4. The van der Waals surface area contributed by atoms with E-state index in [0.29, 0.717) is 10.1 Å². The lowest BCUT2D eigenvalue weighted by Gasteiger charge is -2.43. The molecule has 5 rings (SSSR count). The van der Waals surface area contributed by atoms with Gasteiger partial charge in [-0.05, 0) is 85.8 Å². The van der Waals surface area contributed by atoms with Crippen LogP contribution in [0.4, 0.5) is 11.4 Å². The molecule has 34 heavy (non-hydrogen) atoms. The lowest BCUT2D eigenvalue weighted by molar-refractivity contribution is -0.110. The molecule has 3 aromatic carbocycles. The number of hydrogen-bond acceptors (Lipinski definition) is 6. The second kappa shape index (κ2) is 8.78. The molecule has 0 radical (unpaired) electrons. The van der Waals surface area contributed by atoms with Crippen LogP contribution >= 0.6 is 23.4 Å². The molecule has 0 saturated heterocycles. The highest BCUT2D eigenvalue weighted by atomic mass is 35.5. The molecule has 5 nitrogen and oxygen atoms in total. The zero-order valence-electron chi connectivity index (χ0n) is 19.1. The molecule has 0 amide bonds. The fourth-order valence-corrected chi connectivity index (χ4v) is 5.29. The molecular formula is C27H23ClN4OS. The number of halogens is 1. The number of allylic oxidation sites excluding steroid dienone is 1. The van der Waals surface area contributed by atoms with Gasteiger partial charge in [0.15, 0.2) is 10.8 Å². The fourth-order valence-electron chi connectivity index (χ4n) is 4.01. The molecule has 0 aliphatic carbocycles. The number of hydrogen-bond donors (Lipinski definition) is 0. The van der Waals surface area contributed by atoms with Crippen LogP contribution in [0.5, 0.6) is 0 Å². The van der Waals surface area contributed by atoms with E-state index in [1.807, 2.05) is 70.7 Å². The van der Waals surface area contributed by atoms with Crippen LogP contribution < -0.4 is 10.0 Å². The summed E-state index contributed by atoms with van der Waals surface area (Å²) in [4.78, 5) is 11.5. The van der Waals surface area contributed by atoms with E-state index in [0.717, 1.165) is 28.2 Å². The van der Waals surface area contributed by atoms with Crippen LogP contribution in [0.25, 0.3) is 0 Å². The average Bonchev–Trinajstić information content (AvgIpc) is 3.22. The number of carbonyl (C=O) groups excluding carboxylic acids is 1. The first kappa shape index (κ1) is 22.4.